The number of nitrogens with zero attached hydrogens (tertiary/aromatic N) is 3. The first-order chi connectivity index (χ1) is 15.2. The number of ether oxygens (including phenoxy) is 1. The fraction of sp³-hybridized carbons (Fsp3) is 0.731. The van der Waals surface area contributed by atoms with Gasteiger partial charge in [-0.05, 0) is 76.1 Å². The van der Waals surface area contributed by atoms with Gasteiger partial charge in [0.2, 0.25) is 0 Å². The van der Waals surface area contributed by atoms with Gasteiger partial charge in [0, 0.05) is 31.7 Å². The summed E-state index contributed by atoms with van der Waals surface area (Å²) in [5, 5.41) is 0. The van der Waals surface area contributed by atoms with Gasteiger partial charge in [-0.25, -0.2) is 4.79 Å². The smallest absolute Gasteiger partial charge is 0.320 e. The molecule has 2 aliphatic heterocycles. The van der Waals surface area contributed by atoms with Crippen molar-refractivity contribution < 1.29 is 9.53 Å². The van der Waals surface area contributed by atoms with Crippen LogP contribution in [0.3, 0.4) is 0 Å². The summed E-state index contributed by atoms with van der Waals surface area (Å²) >= 11 is 0. The highest BCUT2D eigenvalue weighted by Gasteiger charge is 2.35. The van der Waals surface area contributed by atoms with Crippen LogP contribution in [0, 0.1) is 0 Å². The second-order valence-electron chi connectivity index (χ2n) is 9.74. The maximum atomic E-state index is 12.8. The topological polar surface area (TPSA) is 36.0 Å². The SMILES string of the molecule is CCCOc1ccccc1C1CCN(C(C)CCN2CCN(C3CCCC3)C2=O)CC1. The number of rotatable bonds is 9. The van der Waals surface area contributed by atoms with Gasteiger partial charge in [-0.15, -0.1) is 0 Å². The molecule has 2 saturated heterocycles. The minimum Gasteiger partial charge on any atom is -0.493 e. The molecule has 2 heterocycles. The maximum absolute atomic E-state index is 12.8. The largest absolute Gasteiger partial charge is 0.493 e. The molecule has 1 unspecified atom stereocenters. The van der Waals surface area contributed by atoms with Crippen molar-refractivity contribution in [1.82, 2.24) is 14.7 Å². The zero-order chi connectivity index (χ0) is 21.6. The standard InChI is InChI=1S/C26H41N3O2/c1-3-20-31-25-11-7-6-10-24(25)22-13-16-27(17-14-22)21(2)12-15-28-18-19-29(26(28)30)23-8-4-5-9-23/h6-7,10-11,21-23H,3-5,8-9,12-20H2,1-2H3. The van der Waals surface area contributed by atoms with Crippen LogP contribution in [0.4, 0.5) is 4.79 Å². The predicted molar refractivity (Wildman–Crippen MR) is 126 cm³/mol. The molecule has 1 aromatic carbocycles. The van der Waals surface area contributed by atoms with E-state index >= 15 is 0 Å². The molecule has 0 bridgehead atoms. The Labute approximate surface area is 188 Å². The van der Waals surface area contributed by atoms with E-state index in [0.29, 0.717) is 24.0 Å². The van der Waals surface area contributed by atoms with Gasteiger partial charge in [-0.2, -0.15) is 0 Å². The highest BCUT2D eigenvalue weighted by Crippen LogP contribution is 2.35. The predicted octanol–water partition coefficient (Wildman–Crippen LogP) is 5.11. The van der Waals surface area contributed by atoms with E-state index in [1.165, 1.54) is 44.1 Å². The average Bonchev–Trinajstić information content (AvgIpc) is 3.46. The summed E-state index contributed by atoms with van der Waals surface area (Å²) in [4.78, 5) is 19.7. The number of urea groups is 1. The molecule has 0 aromatic heterocycles. The summed E-state index contributed by atoms with van der Waals surface area (Å²) < 4.78 is 6.01. The fourth-order valence-corrected chi connectivity index (χ4v) is 5.70. The molecule has 31 heavy (non-hydrogen) atoms. The lowest BCUT2D eigenvalue weighted by Gasteiger charge is -2.37. The summed E-state index contributed by atoms with van der Waals surface area (Å²) in [5.74, 6) is 1.67. The first-order valence-electron chi connectivity index (χ1n) is 12.7. The van der Waals surface area contributed by atoms with E-state index in [4.69, 9.17) is 4.74 Å². The fourth-order valence-electron chi connectivity index (χ4n) is 5.70. The second kappa shape index (κ2) is 10.7. The summed E-state index contributed by atoms with van der Waals surface area (Å²) in [6, 6.07) is 9.94. The first kappa shape index (κ1) is 22.4. The van der Waals surface area contributed by atoms with Crippen molar-refractivity contribution in [2.24, 2.45) is 0 Å². The van der Waals surface area contributed by atoms with Crippen molar-refractivity contribution in [1.29, 1.82) is 0 Å². The van der Waals surface area contributed by atoms with Crippen LogP contribution in [0.1, 0.15) is 76.7 Å². The number of benzene rings is 1. The summed E-state index contributed by atoms with van der Waals surface area (Å²) in [6.45, 7) is 10.3. The van der Waals surface area contributed by atoms with Gasteiger partial charge in [0.1, 0.15) is 5.75 Å². The van der Waals surface area contributed by atoms with Crippen molar-refractivity contribution in [2.75, 3.05) is 39.3 Å². The monoisotopic (exact) mass is 427 g/mol. The van der Waals surface area contributed by atoms with Crippen molar-refractivity contribution >= 4 is 6.03 Å². The lowest BCUT2D eigenvalue weighted by atomic mass is 9.88. The van der Waals surface area contributed by atoms with Crippen molar-refractivity contribution in [2.45, 2.75) is 83.2 Å². The molecule has 2 amide bonds. The van der Waals surface area contributed by atoms with Gasteiger partial charge in [-0.1, -0.05) is 38.0 Å². The number of piperidine rings is 1. The number of likely N-dealkylation sites (tertiary alicyclic amines) is 1. The van der Waals surface area contributed by atoms with Crippen LogP contribution in [0.5, 0.6) is 5.75 Å². The third-order valence-electron chi connectivity index (χ3n) is 7.68. The second-order valence-corrected chi connectivity index (χ2v) is 9.74. The van der Waals surface area contributed by atoms with Crippen LogP contribution in [-0.4, -0.2) is 72.1 Å². The van der Waals surface area contributed by atoms with E-state index in [9.17, 15) is 4.79 Å². The van der Waals surface area contributed by atoms with Crippen molar-refractivity contribution in [3.8, 4) is 5.75 Å². The molecule has 172 valence electrons. The molecule has 1 aromatic rings. The first-order valence-corrected chi connectivity index (χ1v) is 12.7. The molecule has 0 spiro atoms. The number of hydrogen-bond acceptors (Lipinski definition) is 3. The molecule has 4 rings (SSSR count). The third-order valence-corrected chi connectivity index (χ3v) is 7.68. The Morgan fingerprint density at radius 2 is 1.77 bits per heavy atom. The summed E-state index contributed by atoms with van der Waals surface area (Å²) in [6.07, 6.45) is 9.49. The highest BCUT2D eigenvalue weighted by molar-refractivity contribution is 5.76. The Morgan fingerprint density at radius 3 is 2.52 bits per heavy atom. The number of carbonyl (C=O) groups is 1. The van der Waals surface area contributed by atoms with Crippen LogP contribution in [0.2, 0.25) is 0 Å². The summed E-state index contributed by atoms with van der Waals surface area (Å²) in [7, 11) is 0. The maximum Gasteiger partial charge on any atom is 0.320 e. The van der Waals surface area contributed by atoms with E-state index in [-0.39, 0.29) is 0 Å². The molecular weight excluding hydrogens is 386 g/mol. The van der Waals surface area contributed by atoms with Gasteiger partial charge >= 0.3 is 6.03 Å². The summed E-state index contributed by atoms with van der Waals surface area (Å²) in [5.41, 5.74) is 1.39. The molecule has 5 heteroatoms. The van der Waals surface area contributed by atoms with Gasteiger partial charge in [0.05, 0.1) is 6.61 Å². The molecule has 0 N–H and O–H groups in total. The number of carbonyl (C=O) groups excluding carboxylic acids is 1. The van der Waals surface area contributed by atoms with E-state index in [1.54, 1.807) is 0 Å². The molecule has 3 fully saturated rings. The van der Waals surface area contributed by atoms with Crippen LogP contribution >= 0.6 is 0 Å². The molecule has 0 radical (unpaired) electrons. The Balaban J connectivity index is 1.23. The Bertz CT molecular complexity index is 710. The van der Waals surface area contributed by atoms with Crippen LogP contribution in [0.15, 0.2) is 24.3 Å². The molecule has 1 atom stereocenters. The zero-order valence-electron chi connectivity index (χ0n) is 19.6. The van der Waals surface area contributed by atoms with Gasteiger partial charge in [0.15, 0.2) is 0 Å². The number of para-hydroxylation sites is 1. The van der Waals surface area contributed by atoms with E-state index in [1.807, 2.05) is 0 Å². The van der Waals surface area contributed by atoms with E-state index in [0.717, 1.165) is 57.9 Å². The van der Waals surface area contributed by atoms with Gasteiger partial charge in [-0.3, -0.25) is 0 Å². The van der Waals surface area contributed by atoms with Gasteiger partial charge < -0.3 is 19.4 Å². The van der Waals surface area contributed by atoms with Crippen molar-refractivity contribution in [3.63, 3.8) is 0 Å². The zero-order valence-corrected chi connectivity index (χ0v) is 19.6. The van der Waals surface area contributed by atoms with Crippen LogP contribution in [-0.2, 0) is 0 Å². The Kier molecular flexibility index (Phi) is 7.76. The quantitative estimate of drug-likeness (QED) is 0.549. The normalized spacial score (nSPS) is 22.5. The lowest BCUT2D eigenvalue weighted by molar-refractivity contribution is 0.142. The van der Waals surface area contributed by atoms with Crippen LogP contribution in [0.25, 0.3) is 0 Å². The van der Waals surface area contributed by atoms with Crippen LogP contribution < -0.4 is 4.74 Å². The minimum absolute atomic E-state index is 0.293. The Morgan fingerprint density at radius 1 is 1.03 bits per heavy atom. The number of hydrogen-bond donors (Lipinski definition) is 0. The minimum atomic E-state index is 0.293. The molecule has 1 saturated carbocycles. The van der Waals surface area contributed by atoms with E-state index in [2.05, 4.69) is 52.8 Å². The molecule has 1 aliphatic carbocycles. The number of amides is 2. The molecular formula is C26H41N3O2. The average molecular weight is 428 g/mol. The van der Waals surface area contributed by atoms with E-state index < -0.39 is 0 Å². The van der Waals surface area contributed by atoms with Crippen molar-refractivity contribution in [3.05, 3.63) is 29.8 Å². The molecule has 5 nitrogen and oxygen atoms in total. The third kappa shape index (κ3) is 5.36. The Hall–Kier alpha value is -1.75. The lowest BCUT2D eigenvalue weighted by Crippen LogP contribution is -2.42. The molecule has 3 aliphatic rings. The highest BCUT2D eigenvalue weighted by atomic mass is 16.5. The van der Waals surface area contributed by atoms with Gasteiger partial charge in [0.25, 0.3) is 0 Å².